The summed E-state index contributed by atoms with van der Waals surface area (Å²) < 4.78 is 31.2. The summed E-state index contributed by atoms with van der Waals surface area (Å²) in [7, 11) is -2.10. The van der Waals surface area contributed by atoms with E-state index < -0.39 is 16.1 Å². The maximum absolute atomic E-state index is 12.8. The standard InChI is InChI=1S/C22H30N2O4S/c1-5-21(22(25)23-15-7-10-18-9-6-8-17(2)16-18)24(29(4,26)27)19-11-13-20(28-3)14-12-19/h6,8-9,11-14,16,21H,5,7,10,15H2,1-4H3,(H,23,25)/t21-/m0/s1. The molecule has 2 aromatic rings. The molecule has 0 radical (unpaired) electrons. The van der Waals surface area contributed by atoms with Gasteiger partial charge in [-0.2, -0.15) is 0 Å². The lowest BCUT2D eigenvalue weighted by molar-refractivity contribution is -0.122. The molecule has 6 nitrogen and oxygen atoms in total. The third kappa shape index (κ3) is 6.49. The Balaban J connectivity index is 2.05. The zero-order valence-corrected chi connectivity index (χ0v) is 18.3. The van der Waals surface area contributed by atoms with E-state index in [4.69, 9.17) is 4.74 Å². The second kappa shape index (κ2) is 10.3. The Kier molecular flexibility index (Phi) is 8.08. The van der Waals surface area contributed by atoms with E-state index in [9.17, 15) is 13.2 Å². The number of aryl methyl sites for hydroxylation is 2. The van der Waals surface area contributed by atoms with Gasteiger partial charge < -0.3 is 10.1 Å². The molecule has 1 amide bonds. The number of rotatable bonds is 10. The van der Waals surface area contributed by atoms with Crippen LogP contribution in [0.1, 0.15) is 30.9 Å². The molecule has 158 valence electrons. The van der Waals surface area contributed by atoms with Gasteiger partial charge in [0, 0.05) is 6.54 Å². The average Bonchev–Trinajstić information content (AvgIpc) is 2.68. The van der Waals surface area contributed by atoms with Crippen molar-refractivity contribution in [3.63, 3.8) is 0 Å². The van der Waals surface area contributed by atoms with Crippen LogP contribution in [-0.2, 0) is 21.2 Å². The molecule has 0 aliphatic heterocycles. The van der Waals surface area contributed by atoms with E-state index in [1.54, 1.807) is 38.3 Å². The number of carbonyl (C=O) groups is 1. The molecule has 0 saturated heterocycles. The van der Waals surface area contributed by atoms with Crippen LogP contribution >= 0.6 is 0 Å². The number of ether oxygens (including phenoxy) is 1. The van der Waals surface area contributed by atoms with E-state index in [0.29, 0.717) is 24.4 Å². The molecule has 2 rings (SSSR count). The minimum absolute atomic E-state index is 0.294. The molecule has 0 aromatic heterocycles. The molecule has 0 aliphatic rings. The Morgan fingerprint density at radius 1 is 1.17 bits per heavy atom. The highest BCUT2D eigenvalue weighted by molar-refractivity contribution is 7.92. The zero-order chi connectivity index (χ0) is 21.4. The van der Waals surface area contributed by atoms with Crippen molar-refractivity contribution in [3.05, 3.63) is 59.7 Å². The molecule has 0 saturated carbocycles. The summed E-state index contributed by atoms with van der Waals surface area (Å²) in [6.45, 7) is 4.35. The molecule has 0 aliphatic carbocycles. The van der Waals surface area contributed by atoms with Crippen LogP contribution in [0.5, 0.6) is 5.75 Å². The maximum atomic E-state index is 12.8. The van der Waals surface area contributed by atoms with Gasteiger partial charge in [-0.3, -0.25) is 9.10 Å². The minimum atomic E-state index is -3.64. The SMILES string of the molecule is CC[C@@H](C(=O)NCCCc1cccc(C)c1)N(c1ccc(OC)cc1)S(C)(=O)=O. The smallest absolute Gasteiger partial charge is 0.243 e. The quantitative estimate of drug-likeness (QED) is 0.601. The summed E-state index contributed by atoms with van der Waals surface area (Å²) in [6.07, 6.45) is 3.12. The van der Waals surface area contributed by atoms with Crippen molar-refractivity contribution in [2.75, 3.05) is 24.2 Å². The molecule has 1 atom stereocenters. The average molecular weight is 419 g/mol. The summed E-state index contributed by atoms with van der Waals surface area (Å²) >= 11 is 0. The molecule has 0 fully saturated rings. The van der Waals surface area contributed by atoms with Gasteiger partial charge in [-0.1, -0.05) is 36.8 Å². The van der Waals surface area contributed by atoms with Crippen LogP contribution < -0.4 is 14.4 Å². The van der Waals surface area contributed by atoms with Crippen molar-refractivity contribution in [3.8, 4) is 5.75 Å². The number of carbonyl (C=O) groups excluding carboxylic acids is 1. The summed E-state index contributed by atoms with van der Waals surface area (Å²) in [5.74, 6) is 0.328. The highest BCUT2D eigenvalue weighted by atomic mass is 32.2. The highest BCUT2D eigenvalue weighted by Crippen LogP contribution is 2.25. The van der Waals surface area contributed by atoms with Gasteiger partial charge in [0.2, 0.25) is 15.9 Å². The number of nitrogens with zero attached hydrogens (tertiary/aromatic N) is 1. The Hall–Kier alpha value is -2.54. The monoisotopic (exact) mass is 418 g/mol. The number of benzene rings is 2. The molecule has 0 bridgehead atoms. The first-order chi connectivity index (χ1) is 13.8. The third-order valence-electron chi connectivity index (χ3n) is 4.68. The van der Waals surface area contributed by atoms with Gasteiger partial charge in [0.25, 0.3) is 0 Å². The van der Waals surface area contributed by atoms with Crippen LogP contribution in [-0.4, -0.2) is 40.3 Å². The van der Waals surface area contributed by atoms with E-state index in [0.717, 1.165) is 19.1 Å². The van der Waals surface area contributed by atoms with E-state index in [1.807, 2.05) is 6.07 Å². The fourth-order valence-electron chi connectivity index (χ4n) is 3.28. The second-order valence-corrected chi connectivity index (χ2v) is 8.92. The summed E-state index contributed by atoms with van der Waals surface area (Å²) in [4.78, 5) is 12.8. The van der Waals surface area contributed by atoms with Crippen LogP contribution in [0.25, 0.3) is 0 Å². The van der Waals surface area contributed by atoms with Crippen LogP contribution in [0.3, 0.4) is 0 Å². The van der Waals surface area contributed by atoms with Crippen molar-refractivity contribution < 1.29 is 17.9 Å². The van der Waals surface area contributed by atoms with Gasteiger partial charge in [-0.05, 0) is 56.0 Å². The first kappa shape index (κ1) is 22.7. The number of anilines is 1. The van der Waals surface area contributed by atoms with Gasteiger partial charge in [0.05, 0.1) is 19.1 Å². The Morgan fingerprint density at radius 3 is 2.41 bits per heavy atom. The molecule has 2 aromatic carbocycles. The van der Waals surface area contributed by atoms with Crippen molar-refractivity contribution in [2.45, 2.75) is 39.2 Å². The van der Waals surface area contributed by atoms with Crippen molar-refractivity contribution in [2.24, 2.45) is 0 Å². The molecular formula is C22H30N2O4S. The van der Waals surface area contributed by atoms with Gasteiger partial charge in [0.15, 0.2) is 0 Å². The Labute approximate surface area is 173 Å². The van der Waals surface area contributed by atoms with E-state index in [1.165, 1.54) is 15.4 Å². The molecule has 29 heavy (non-hydrogen) atoms. The minimum Gasteiger partial charge on any atom is -0.497 e. The van der Waals surface area contributed by atoms with Crippen molar-refractivity contribution in [1.29, 1.82) is 0 Å². The number of hydrogen-bond donors (Lipinski definition) is 1. The Bertz CT molecular complexity index is 911. The summed E-state index contributed by atoms with van der Waals surface area (Å²) in [5.41, 5.74) is 2.87. The molecule has 0 unspecified atom stereocenters. The fourth-order valence-corrected chi connectivity index (χ4v) is 4.49. The van der Waals surface area contributed by atoms with Crippen LogP contribution in [0.2, 0.25) is 0 Å². The molecule has 7 heteroatoms. The van der Waals surface area contributed by atoms with Gasteiger partial charge in [-0.25, -0.2) is 8.42 Å². The first-order valence-electron chi connectivity index (χ1n) is 9.73. The number of methoxy groups -OCH3 is 1. The normalized spacial score (nSPS) is 12.3. The molecule has 1 N–H and O–H groups in total. The van der Waals surface area contributed by atoms with Crippen molar-refractivity contribution >= 4 is 21.6 Å². The van der Waals surface area contributed by atoms with Gasteiger partial charge in [-0.15, -0.1) is 0 Å². The van der Waals surface area contributed by atoms with E-state index in [2.05, 4.69) is 30.4 Å². The largest absolute Gasteiger partial charge is 0.497 e. The van der Waals surface area contributed by atoms with E-state index in [-0.39, 0.29) is 5.91 Å². The number of nitrogens with one attached hydrogen (secondary N) is 1. The summed E-state index contributed by atoms with van der Waals surface area (Å²) in [5, 5.41) is 2.89. The van der Waals surface area contributed by atoms with Crippen LogP contribution in [0.15, 0.2) is 48.5 Å². The molecule has 0 heterocycles. The molecular weight excluding hydrogens is 388 g/mol. The lowest BCUT2D eigenvalue weighted by Gasteiger charge is -2.30. The Morgan fingerprint density at radius 2 is 1.86 bits per heavy atom. The number of hydrogen-bond acceptors (Lipinski definition) is 4. The zero-order valence-electron chi connectivity index (χ0n) is 17.5. The fraction of sp³-hybridized carbons (Fsp3) is 0.409. The third-order valence-corrected chi connectivity index (χ3v) is 5.86. The topological polar surface area (TPSA) is 75.7 Å². The number of sulfonamides is 1. The first-order valence-corrected chi connectivity index (χ1v) is 11.6. The van der Waals surface area contributed by atoms with E-state index >= 15 is 0 Å². The van der Waals surface area contributed by atoms with Crippen LogP contribution in [0.4, 0.5) is 5.69 Å². The van der Waals surface area contributed by atoms with Gasteiger partial charge >= 0.3 is 0 Å². The maximum Gasteiger partial charge on any atom is 0.243 e. The number of amides is 1. The highest BCUT2D eigenvalue weighted by Gasteiger charge is 2.31. The predicted molar refractivity (Wildman–Crippen MR) is 117 cm³/mol. The molecule has 0 spiro atoms. The van der Waals surface area contributed by atoms with Gasteiger partial charge in [0.1, 0.15) is 11.8 Å². The second-order valence-electron chi connectivity index (χ2n) is 7.06. The van der Waals surface area contributed by atoms with Crippen LogP contribution in [0, 0.1) is 6.92 Å². The predicted octanol–water partition coefficient (Wildman–Crippen LogP) is 3.30. The lowest BCUT2D eigenvalue weighted by atomic mass is 10.1. The summed E-state index contributed by atoms with van der Waals surface area (Å²) in [6, 6.07) is 14.1. The lowest BCUT2D eigenvalue weighted by Crippen LogP contribution is -2.49. The van der Waals surface area contributed by atoms with Crippen molar-refractivity contribution in [1.82, 2.24) is 5.32 Å².